The number of ether oxygens (including phenoxy) is 1. The van der Waals surface area contributed by atoms with Crippen LogP contribution < -0.4 is 4.74 Å². The van der Waals surface area contributed by atoms with Crippen LogP contribution in [-0.2, 0) is 5.41 Å². The topological polar surface area (TPSA) is 68.7 Å². The SMILES string of the molecule is N#Cc1cc(-c2ccc3c(c2)C2(c4ccccc4O3)c3cccnc3-c3ncccc32)cc(-n2c3ccccc3c3ccccc32)c1-n1c2ccccc2c2ccccc21. The van der Waals surface area contributed by atoms with E-state index >= 15 is 0 Å². The van der Waals surface area contributed by atoms with E-state index in [9.17, 15) is 5.26 Å². The number of fused-ring (bicyclic) bond motifs is 15. The zero-order valence-corrected chi connectivity index (χ0v) is 32.0. The minimum absolute atomic E-state index is 0.565. The van der Waals surface area contributed by atoms with Crippen LogP contribution in [0.4, 0.5) is 0 Å². The molecule has 4 aromatic heterocycles. The van der Waals surface area contributed by atoms with E-state index in [0.29, 0.717) is 5.56 Å². The van der Waals surface area contributed by atoms with E-state index in [0.717, 1.165) is 111 Å². The molecule has 0 unspecified atom stereocenters. The highest BCUT2D eigenvalue weighted by Crippen LogP contribution is 2.61. The van der Waals surface area contributed by atoms with Crippen LogP contribution in [0.3, 0.4) is 0 Å². The molecule has 6 nitrogen and oxygen atoms in total. The van der Waals surface area contributed by atoms with Gasteiger partial charge < -0.3 is 13.9 Å². The van der Waals surface area contributed by atoms with Gasteiger partial charge in [0.2, 0.25) is 0 Å². The molecule has 0 amide bonds. The van der Waals surface area contributed by atoms with Crippen LogP contribution in [0.2, 0.25) is 0 Å². The average Bonchev–Trinajstić information content (AvgIpc) is 3.93. The lowest BCUT2D eigenvalue weighted by atomic mass is 9.66. The number of aromatic nitrogens is 4. The predicted molar refractivity (Wildman–Crippen MR) is 238 cm³/mol. The number of rotatable bonds is 3. The van der Waals surface area contributed by atoms with E-state index in [-0.39, 0.29) is 0 Å². The van der Waals surface area contributed by atoms with Gasteiger partial charge in [-0.25, -0.2) is 0 Å². The lowest BCUT2D eigenvalue weighted by Crippen LogP contribution is -2.32. The van der Waals surface area contributed by atoms with Crippen LogP contribution in [0.25, 0.3) is 77.5 Å². The van der Waals surface area contributed by atoms with Gasteiger partial charge in [0, 0.05) is 45.1 Å². The number of hydrogen-bond acceptors (Lipinski definition) is 4. The third-order valence-corrected chi connectivity index (χ3v) is 12.7. The molecule has 0 N–H and O–H groups in total. The normalized spacial score (nSPS) is 13.2. The van der Waals surface area contributed by atoms with Gasteiger partial charge in [0.05, 0.1) is 55.8 Å². The summed E-state index contributed by atoms with van der Waals surface area (Å²) in [4.78, 5) is 9.84. The molecule has 0 saturated carbocycles. The quantitative estimate of drug-likeness (QED) is 0.180. The first-order valence-corrected chi connectivity index (χ1v) is 20.1. The Labute approximate surface area is 344 Å². The van der Waals surface area contributed by atoms with Crippen molar-refractivity contribution in [2.45, 2.75) is 5.41 Å². The predicted octanol–water partition coefficient (Wildman–Crippen LogP) is 12.7. The molecule has 7 aromatic carbocycles. The Hall–Kier alpha value is -8.27. The maximum absolute atomic E-state index is 11.4. The van der Waals surface area contributed by atoms with E-state index in [1.54, 1.807) is 0 Å². The summed E-state index contributed by atoms with van der Waals surface area (Å²) in [5, 5.41) is 15.9. The summed E-state index contributed by atoms with van der Waals surface area (Å²) in [6.07, 6.45) is 3.69. The molecule has 1 spiro atoms. The summed E-state index contributed by atoms with van der Waals surface area (Å²) in [5.74, 6) is 1.58. The fraction of sp³-hybridized carbons (Fsp3) is 0.0185. The lowest BCUT2D eigenvalue weighted by Gasteiger charge is -2.39. The van der Waals surface area contributed by atoms with Gasteiger partial charge in [-0.15, -0.1) is 0 Å². The van der Waals surface area contributed by atoms with Gasteiger partial charge in [0.25, 0.3) is 0 Å². The van der Waals surface area contributed by atoms with Gasteiger partial charge in [0.15, 0.2) is 0 Å². The Morgan fingerprint density at radius 2 is 0.950 bits per heavy atom. The maximum atomic E-state index is 11.4. The molecule has 0 atom stereocenters. The number of para-hydroxylation sites is 5. The average molecular weight is 766 g/mol. The monoisotopic (exact) mass is 765 g/mol. The van der Waals surface area contributed by atoms with Crippen molar-refractivity contribution in [3.8, 4) is 51.5 Å². The van der Waals surface area contributed by atoms with Crippen LogP contribution >= 0.6 is 0 Å². The summed E-state index contributed by atoms with van der Waals surface area (Å²) < 4.78 is 11.4. The van der Waals surface area contributed by atoms with Gasteiger partial charge in [-0.2, -0.15) is 5.26 Å². The van der Waals surface area contributed by atoms with Crippen molar-refractivity contribution >= 4 is 43.6 Å². The summed E-state index contributed by atoms with van der Waals surface area (Å²) in [6.45, 7) is 0. The van der Waals surface area contributed by atoms with Crippen molar-refractivity contribution in [1.29, 1.82) is 5.26 Å². The van der Waals surface area contributed by atoms with E-state index in [2.05, 4.69) is 167 Å². The zero-order chi connectivity index (χ0) is 39.5. The maximum Gasteiger partial charge on any atom is 0.132 e. The smallest absolute Gasteiger partial charge is 0.132 e. The van der Waals surface area contributed by atoms with Gasteiger partial charge >= 0.3 is 0 Å². The molecule has 0 fully saturated rings. The molecule has 1 aliphatic heterocycles. The first kappa shape index (κ1) is 32.8. The number of benzene rings is 7. The highest BCUT2D eigenvalue weighted by atomic mass is 16.5. The number of hydrogen-bond donors (Lipinski definition) is 0. The molecule has 0 saturated heterocycles. The third-order valence-electron chi connectivity index (χ3n) is 12.7. The fourth-order valence-electron chi connectivity index (χ4n) is 10.4. The van der Waals surface area contributed by atoms with Gasteiger partial charge in [0.1, 0.15) is 17.6 Å². The molecule has 6 heteroatoms. The Balaban J connectivity index is 1.15. The van der Waals surface area contributed by atoms with E-state index in [1.807, 2.05) is 36.7 Å². The minimum atomic E-state index is -0.732. The minimum Gasteiger partial charge on any atom is -0.457 e. The molecule has 60 heavy (non-hydrogen) atoms. The lowest BCUT2D eigenvalue weighted by molar-refractivity contribution is 0.436. The molecule has 0 bridgehead atoms. The first-order valence-electron chi connectivity index (χ1n) is 20.1. The van der Waals surface area contributed by atoms with Crippen molar-refractivity contribution in [2.75, 3.05) is 0 Å². The fourth-order valence-corrected chi connectivity index (χ4v) is 10.4. The summed E-state index contributed by atoms with van der Waals surface area (Å²) in [6, 6.07) is 64.2. The molecule has 0 radical (unpaired) electrons. The van der Waals surface area contributed by atoms with Gasteiger partial charge in [-0.3, -0.25) is 9.97 Å². The van der Waals surface area contributed by atoms with Crippen LogP contribution in [0, 0.1) is 11.3 Å². The van der Waals surface area contributed by atoms with Crippen molar-refractivity contribution in [2.24, 2.45) is 0 Å². The Morgan fingerprint density at radius 1 is 0.450 bits per heavy atom. The standard InChI is InChI=1S/C54H31N5O/c55-32-35-29-34(33-25-26-50-43(30-33)54(40-17-5-10-24-49(40)60-50)41-18-11-27-56-51(41)52-42(54)19-12-28-57-52)31-48(58-44-20-6-1-13-36(44)37-14-2-7-21-45(37)58)53(35)59-46-22-8-3-15-38(46)39-16-4-9-23-47(39)59/h1-31H. The Morgan fingerprint density at radius 3 is 1.53 bits per heavy atom. The molecular formula is C54H31N5O. The van der Waals surface area contributed by atoms with Crippen molar-refractivity contribution in [1.82, 2.24) is 19.1 Å². The molecule has 1 aliphatic carbocycles. The van der Waals surface area contributed by atoms with E-state index < -0.39 is 5.41 Å². The van der Waals surface area contributed by atoms with Gasteiger partial charge in [-0.05, 0) is 89.0 Å². The number of nitriles is 1. The Kier molecular flexibility index (Phi) is 6.62. The number of pyridine rings is 2. The van der Waals surface area contributed by atoms with Crippen molar-refractivity contribution in [3.05, 3.63) is 216 Å². The van der Waals surface area contributed by atoms with E-state index in [1.165, 1.54) is 0 Å². The largest absolute Gasteiger partial charge is 0.457 e. The second-order valence-corrected chi connectivity index (χ2v) is 15.6. The molecule has 278 valence electrons. The second kappa shape index (κ2) is 12.1. The van der Waals surface area contributed by atoms with Crippen LogP contribution in [0.1, 0.15) is 27.8 Å². The summed E-state index contributed by atoms with van der Waals surface area (Å²) >= 11 is 0. The summed E-state index contributed by atoms with van der Waals surface area (Å²) in [7, 11) is 0. The van der Waals surface area contributed by atoms with Gasteiger partial charge in [-0.1, -0.05) is 109 Å². The second-order valence-electron chi connectivity index (χ2n) is 15.6. The van der Waals surface area contributed by atoms with Crippen molar-refractivity contribution < 1.29 is 4.74 Å². The van der Waals surface area contributed by atoms with Crippen LogP contribution in [-0.4, -0.2) is 19.1 Å². The highest BCUT2D eigenvalue weighted by Gasteiger charge is 2.52. The van der Waals surface area contributed by atoms with E-state index in [4.69, 9.17) is 14.7 Å². The third kappa shape index (κ3) is 4.20. The summed E-state index contributed by atoms with van der Waals surface area (Å²) in [5.41, 5.74) is 13.6. The number of nitrogens with zero attached hydrogens (tertiary/aromatic N) is 5. The van der Waals surface area contributed by atoms with Crippen molar-refractivity contribution in [3.63, 3.8) is 0 Å². The molecular weight excluding hydrogens is 735 g/mol. The Bertz CT molecular complexity index is 3530. The molecule has 2 aliphatic rings. The molecule has 5 heterocycles. The zero-order valence-electron chi connectivity index (χ0n) is 32.0. The van der Waals surface area contributed by atoms with Crippen LogP contribution in [0.15, 0.2) is 188 Å². The first-order chi connectivity index (χ1) is 29.7. The molecule has 13 rings (SSSR count). The molecule has 11 aromatic rings. The van der Waals surface area contributed by atoms with Crippen LogP contribution in [0.5, 0.6) is 11.5 Å². The highest BCUT2D eigenvalue weighted by molar-refractivity contribution is 6.12.